The van der Waals surface area contributed by atoms with Crippen LogP contribution in [0.15, 0.2) is 48.5 Å². The molecule has 0 aliphatic carbocycles. The minimum absolute atomic E-state index is 0.0547. The number of benzene rings is 2. The van der Waals surface area contributed by atoms with Crippen molar-refractivity contribution in [3.63, 3.8) is 0 Å². The summed E-state index contributed by atoms with van der Waals surface area (Å²) in [6.45, 7) is 2.03. The largest absolute Gasteiger partial charge is 0.376 e. The van der Waals surface area contributed by atoms with Crippen molar-refractivity contribution in [1.82, 2.24) is 20.2 Å². The maximum absolute atomic E-state index is 12.6. The zero-order valence-corrected chi connectivity index (χ0v) is 18.6. The number of hydrogen-bond donors (Lipinski definition) is 2. The van der Waals surface area contributed by atoms with Gasteiger partial charge in [0.2, 0.25) is 5.91 Å². The van der Waals surface area contributed by atoms with E-state index in [0.717, 1.165) is 36.3 Å². The Balaban J connectivity index is 1.34. The predicted molar refractivity (Wildman–Crippen MR) is 124 cm³/mol. The number of ether oxygens (including phenoxy) is 1. The summed E-state index contributed by atoms with van der Waals surface area (Å²) in [6, 6.07) is 14.6. The van der Waals surface area contributed by atoms with Gasteiger partial charge in [-0.2, -0.15) is 0 Å². The number of fused-ring (bicyclic) bond motifs is 1. The van der Waals surface area contributed by atoms with Crippen molar-refractivity contribution >= 4 is 34.4 Å². The van der Waals surface area contributed by atoms with Crippen molar-refractivity contribution in [2.75, 3.05) is 19.7 Å². The van der Waals surface area contributed by atoms with Gasteiger partial charge in [0.1, 0.15) is 12.4 Å². The van der Waals surface area contributed by atoms with Crippen LogP contribution in [-0.2, 0) is 22.5 Å². The molecule has 1 saturated heterocycles. The Hall–Kier alpha value is -2.90. The minimum atomic E-state index is -0.135. The highest BCUT2D eigenvalue weighted by Gasteiger charge is 2.18. The Morgan fingerprint density at radius 2 is 1.94 bits per heavy atom. The third kappa shape index (κ3) is 5.66. The van der Waals surface area contributed by atoms with Gasteiger partial charge in [-0.25, -0.2) is 4.98 Å². The lowest BCUT2D eigenvalue weighted by atomic mass is 10.2. The molecule has 1 atom stereocenters. The number of imidazole rings is 1. The molecule has 32 heavy (non-hydrogen) atoms. The van der Waals surface area contributed by atoms with Crippen molar-refractivity contribution in [3.8, 4) is 0 Å². The number of nitrogens with zero attached hydrogens (tertiary/aromatic N) is 2. The summed E-state index contributed by atoms with van der Waals surface area (Å²) >= 11 is 5.87. The molecule has 168 valence electrons. The molecule has 7 nitrogen and oxygen atoms in total. The van der Waals surface area contributed by atoms with E-state index in [0.29, 0.717) is 36.5 Å². The molecule has 1 unspecified atom stereocenters. The summed E-state index contributed by atoms with van der Waals surface area (Å²) < 4.78 is 7.54. The number of para-hydroxylation sites is 2. The van der Waals surface area contributed by atoms with Crippen LogP contribution < -0.4 is 10.6 Å². The van der Waals surface area contributed by atoms with E-state index >= 15 is 0 Å². The number of nitrogens with one attached hydrogen (secondary N) is 2. The number of hydrogen-bond acceptors (Lipinski definition) is 4. The molecule has 4 rings (SSSR count). The first kappa shape index (κ1) is 22.3. The van der Waals surface area contributed by atoms with Gasteiger partial charge in [-0.15, -0.1) is 0 Å². The van der Waals surface area contributed by atoms with Crippen molar-refractivity contribution in [2.45, 2.75) is 38.3 Å². The lowest BCUT2D eigenvalue weighted by Crippen LogP contribution is -2.34. The summed E-state index contributed by atoms with van der Waals surface area (Å²) in [7, 11) is 0. The fraction of sp³-hybridized carbons (Fsp3) is 0.375. The number of carbonyl (C=O) groups is 2. The molecule has 3 aromatic rings. The minimum Gasteiger partial charge on any atom is -0.376 e. The van der Waals surface area contributed by atoms with E-state index in [1.165, 1.54) is 0 Å². The van der Waals surface area contributed by atoms with Crippen LogP contribution in [0.5, 0.6) is 0 Å². The average Bonchev–Trinajstić information content (AvgIpc) is 3.44. The van der Waals surface area contributed by atoms with Gasteiger partial charge in [0.15, 0.2) is 0 Å². The Morgan fingerprint density at radius 3 is 2.72 bits per heavy atom. The topological polar surface area (TPSA) is 85.2 Å². The number of carbonyl (C=O) groups excluding carboxylic acids is 2. The van der Waals surface area contributed by atoms with Crippen LogP contribution in [0.25, 0.3) is 11.0 Å². The maximum atomic E-state index is 12.6. The van der Waals surface area contributed by atoms with Crippen molar-refractivity contribution in [3.05, 3.63) is 64.9 Å². The van der Waals surface area contributed by atoms with E-state index in [2.05, 4.69) is 10.6 Å². The molecular weight excluding hydrogens is 428 g/mol. The molecule has 2 amide bonds. The smallest absolute Gasteiger partial charge is 0.251 e. The lowest BCUT2D eigenvalue weighted by molar-refractivity contribution is -0.122. The van der Waals surface area contributed by atoms with E-state index in [4.69, 9.17) is 21.3 Å². The highest BCUT2D eigenvalue weighted by molar-refractivity contribution is 6.30. The average molecular weight is 455 g/mol. The number of halogens is 1. The van der Waals surface area contributed by atoms with Gasteiger partial charge in [-0.3, -0.25) is 9.59 Å². The Kier molecular flexibility index (Phi) is 7.39. The van der Waals surface area contributed by atoms with Crippen LogP contribution in [0, 0.1) is 0 Å². The molecule has 1 aliphatic heterocycles. The van der Waals surface area contributed by atoms with Crippen molar-refractivity contribution in [1.29, 1.82) is 0 Å². The zero-order chi connectivity index (χ0) is 22.3. The highest BCUT2D eigenvalue weighted by Crippen LogP contribution is 2.17. The Labute approximate surface area is 192 Å². The zero-order valence-electron chi connectivity index (χ0n) is 17.9. The van der Waals surface area contributed by atoms with Gasteiger partial charge < -0.3 is 19.9 Å². The molecule has 2 aromatic carbocycles. The summed E-state index contributed by atoms with van der Waals surface area (Å²) in [6.07, 6.45) is 3.50. The van der Waals surface area contributed by atoms with Crippen LogP contribution in [0.1, 0.15) is 35.4 Å². The van der Waals surface area contributed by atoms with Gasteiger partial charge >= 0.3 is 0 Å². The predicted octanol–water partition coefficient (Wildman–Crippen LogP) is 3.35. The fourth-order valence-electron chi connectivity index (χ4n) is 3.88. The normalized spacial score (nSPS) is 15.7. The number of aromatic nitrogens is 2. The summed E-state index contributed by atoms with van der Waals surface area (Å²) in [4.78, 5) is 29.6. The molecule has 2 heterocycles. The van der Waals surface area contributed by atoms with E-state index in [9.17, 15) is 9.59 Å². The molecule has 0 saturated carbocycles. The summed E-state index contributed by atoms with van der Waals surface area (Å²) in [5.74, 6) is 0.642. The van der Waals surface area contributed by atoms with Crippen LogP contribution in [0.4, 0.5) is 0 Å². The first-order chi connectivity index (χ1) is 15.6. The standard InChI is InChI=1S/C24H27ClN4O3/c25-18-11-9-17(10-12-18)24(31)26-13-3-8-22-28-20-6-1-2-7-21(20)29(22)16-23(30)27-15-19-5-4-14-32-19/h1-2,6-7,9-12,19H,3-5,8,13-16H2,(H,26,31)(H,27,30). The van der Waals surface area contributed by atoms with E-state index in [1.54, 1.807) is 24.3 Å². The third-order valence-corrected chi connectivity index (χ3v) is 5.81. The van der Waals surface area contributed by atoms with E-state index in [1.807, 2.05) is 28.8 Å². The molecular formula is C24H27ClN4O3. The van der Waals surface area contributed by atoms with Gasteiger partial charge in [-0.05, 0) is 55.7 Å². The van der Waals surface area contributed by atoms with Crippen LogP contribution >= 0.6 is 11.6 Å². The number of amides is 2. The van der Waals surface area contributed by atoms with Crippen molar-refractivity contribution in [2.24, 2.45) is 0 Å². The van der Waals surface area contributed by atoms with Crippen molar-refractivity contribution < 1.29 is 14.3 Å². The second kappa shape index (κ2) is 10.6. The second-order valence-corrected chi connectivity index (χ2v) is 8.34. The molecule has 8 heteroatoms. The second-order valence-electron chi connectivity index (χ2n) is 7.91. The van der Waals surface area contributed by atoms with Crippen LogP contribution in [0.2, 0.25) is 5.02 Å². The van der Waals surface area contributed by atoms with E-state index < -0.39 is 0 Å². The molecule has 0 spiro atoms. The Morgan fingerprint density at radius 1 is 1.12 bits per heavy atom. The third-order valence-electron chi connectivity index (χ3n) is 5.56. The van der Waals surface area contributed by atoms with E-state index in [-0.39, 0.29) is 24.5 Å². The number of aryl methyl sites for hydroxylation is 1. The molecule has 0 bridgehead atoms. The first-order valence-electron chi connectivity index (χ1n) is 11.0. The molecule has 1 fully saturated rings. The SMILES string of the molecule is O=C(Cn1c(CCCNC(=O)c2ccc(Cl)cc2)nc2ccccc21)NCC1CCCO1. The molecule has 2 N–H and O–H groups in total. The molecule has 1 aliphatic rings. The first-order valence-corrected chi connectivity index (χ1v) is 11.3. The maximum Gasteiger partial charge on any atom is 0.251 e. The van der Waals surface area contributed by atoms with Gasteiger partial charge in [-0.1, -0.05) is 23.7 Å². The van der Waals surface area contributed by atoms with Gasteiger partial charge in [0, 0.05) is 36.7 Å². The van der Waals surface area contributed by atoms with Gasteiger partial charge in [0.25, 0.3) is 5.91 Å². The van der Waals surface area contributed by atoms with Crippen LogP contribution in [-0.4, -0.2) is 47.2 Å². The lowest BCUT2D eigenvalue weighted by Gasteiger charge is -2.13. The molecule has 0 radical (unpaired) electrons. The van der Waals surface area contributed by atoms with Gasteiger partial charge in [0.05, 0.1) is 17.1 Å². The quantitative estimate of drug-likeness (QED) is 0.485. The van der Waals surface area contributed by atoms with Crippen LogP contribution in [0.3, 0.4) is 0 Å². The number of rotatable bonds is 9. The fourth-order valence-corrected chi connectivity index (χ4v) is 4.00. The highest BCUT2D eigenvalue weighted by atomic mass is 35.5. The summed E-state index contributed by atoms with van der Waals surface area (Å²) in [5.41, 5.74) is 2.36. The monoisotopic (exact) mass is 454 g/mol. The summed E-state index contributed by atoms with van der Waals surface area (Å²) in [5, 5.41) is 6.50. The Bertz CT molecular complexity index is 1070. The molecule has 1 aromatic heterocycles.